The molecule has 0 aromatic carbocycles. The van der Waals surface area contributed by atoms with Crippen LogP contribution in [0.2, 0.25) is 0 Å². The summed E-state index contributed by atoms with van der Waals surface area (Å²) in [6, 6.07) is 0. The molecular formula is C62H108O6. The summed E-state index contributed by atoms with van der Waals surface area (Å²) in [5.74, 6) is -0.898. The second-order valence-electron chi connectivity index (χ2n) is 19.2. The average Bonchev–Trinajstić information content (AvgIpc) is 3.34. The third-order valence-electron chi connectivity index (χ3n) is 12.4. The first kappa shape index (κ1) is 64.8. The Labute approximate surface area is 421 Å². The standard InChI is InChI=1S/C62H108O6/c1-4-7-10-13-16-18-20-22-24-26-28-29-30-31-32-33-35-36-38-40-42-44-46-49-52-55-61(64)67-58-59(57-66-60(63)54-51-48-15-12-9-6-3)68-62(65)56-53-50-47-45-43-41-39-37-34-27-25-23-21-19-17-14-11-8-5-2/h8,11,17,19-20,22-23,25-26,28,34,37,59H,4-7,9-10,12-16,18,21,24,27,29-33,35-36,38-58H2,1-3H3/b11-8-,19-17-,22-20-,25-23-,28-26-,37-34-. The first-order chi connectivity index (χ1) is 33.5. The minimum atomic E-state index is -0.780. The zero-order valence-corrected chi connectivity index (χ0v) is 44.9. The smallest absolute Gasteiger partial charge is 0.306 e. The highest BCUT2D eigenvalue weighted by Gasteiger charge is 2.19. The van der Waals surface area contributed by atoms with Gasteiger partial charge in [-0.3, -0.25) is 14.4 Å². The highest BCUT2D eigenvalue weighted by atomic mass is 16.6. The molecule has 6 heteroatoms. The van der Waals surface area contributed by atoms with Crippen LogP contribution < -0.4 is 0 Å². The summed E-state index contributed by atoms with van der Waals surface area (Å²) in [4.78, 5) is 37.9. The third kappa shape index (κ3) is 53.8. The van der Waals surface area contributed by atoms with Crippen LogP contribution in [0, 0.1) is 0 Å². The van der Waals surface area contributed by atoms with Crippen molar-refractivity contribution in [2.24, 2.45) is 0 Å². The van der Waals surface area contributed by atoms with Gasteiger partial charge in [0.2, 0.25) is 0 Å². The number of rotatable bonds is 52. The van der Waals surface area contributed by atoms with Gasteiger partial charge in [0.1, 0.15) is 13.2 Å². The van der Waals surface area contributed by atoms with Crippen molar-refractivity contribution in [3.05, 3.63) is 72.9 Å². The molecule has 0 spiro atoms. The molecule has 0 amide bonds. The van der Waals surface area contributed by atoms with Crippen LogP contribution in [0.5, 0.6) is 0 Å². The van der Waals surface area contributed by atoms with E-state index in [1.165, 1.54) is 141 Å². The molecule has 6 nitrogen and oxygen atoms in total. The van der Waals surface area contributed by atoms with Gasteiger partial charge in [-0.1, -0.05) is 248 Å². The normalized spacial score (nSPS) is 12.6. The van der Waals surface area contributed by atoms with E-state index in [2.05, 4.69) is 93.7 Å². The second-order valence-corrected chi connectivity index (χ2v) is 19.2. The van der Waals surface area contributed by atoms with Crippen LogP contribution in [0.3, 0.4) is 0 Å². The average molecular weight is 950 g/mol. The molecule has 0 bridgehead atoms. The lowest BCUT2D eigenvalue weighted by Crippen LogP contribution is -2.30. The summed E-state index contributed by atoms with van der Waals surface area (Å²) in [6.45, 7) is 6.46. The van der Waals surface area contributed by atoms with E-state index in [1.807, 2.05) is 0 Å². The second kappa shape index (κ2) is 56.4. The topological polar surface area (TPSA) is 78.9 Å². The van der Waals surface area contributed by atoms with Crippen molar-refractivity contribution in [1.29, 1.82) is 0 Å². The number of esters is 3. The van der Waals surface area contributed by atoms with Crippen LogP contribution in [0.15, 0.2) is 72.9 Å². The van der Waals surface area contributed by atoms with Crippen molar-refractivity contribution in [3.63, 3.8) is 0 Å². The van der Waals surface area contributed by atoms with Crippen molar-refractivity contribution >= 4 is 17.9 Å². The Hall–Kier alpha value is -3.15. The lowest BCUT2D eigenvalue weighted by Gasteiger charge is -2.18. The summed E-state index contributed by atoms with van der Waals surface area (Å²) < 4.78 is 16.8. The molecule has 68 heavy (non-hydrogen) atoms. The van der Waals surface area contributed by atoms with Crippen LogP contribution in [-0.4, -0.2) is 37.2 Å². The van der Waals surface area contributed by atoms with Crippen LogP contribution in [-0.2, 0) is 28.6 Å². The zero-order valence-electron chi connectivity index (χ0n) is 44.9. The predicted molar refractivity (Wildman–Crippen MR) is 293 cm³/mol. The van der Waals surface area contributed by atoms with Gasteiger partial charge < -0.3 is 14.2 Å². The molecule has 0 aliphatic carbocycles. The van der Waals surface area contributed by atoms with E-state index in [-0.39, 0.29) is 31.1 Å². The molecule has 1 atom stereocenters. The van der Waals surface area contributed by atoms with Gasteiger partial charge in [0.05, 0.1) is 0 Å². The van der Waals surface area contributed by atoms with Crippen molar-refractivity contribution in [2.75, 3.05) is 13.2 Å². The number of unbranched alkanes of at least 4 members (excludes halogenated alkanes) is 29. The summed E-state index contributed by atoms with van der Waals surface area (Å²) in [6.07, 6.45) is 72.1. The van der Waals surface area contributed by atoms with E-state index in [0.29, 0.717) is 19.3 Å². The first-order valence-corrected chi connectivity index (χ1v) is 28.9. The lowest BCUT2D eigenvalue weighted by molar-refractivity contribution is -0.167. The molecule has 0 saturated carbocycles. The molecule has 392 valence electrons. The maximum Gasteiger partial charge on any atom is 0.306 e. The monoisotopic (exact) mass is 949 g/mol. The Balaban J connectivity index is 4.13. The number of hydrogen-bond donors (Lipinski definition) is 0. The predicted octanol–water partition coefficient (Wildman–Crippen LogP) is 19.4. The fraction of sp³-hybridized carbons (Fsp3) is 0.758. The van der Waals surface area contributed by atoms with Crippen LogP contribution in [0.25, 0.3) is 0 Å². The largest absolute Gasteiger partial charge is 0.462 e. The van der Waals surface area contributed by atoms with Gasteiger partial charge in [-0.25, -0.2) is 0 Å². The summed E-state index contributed by atoms with van der Waals surface area (Å²) in [5, 5.41) is 0. The maximum absolute atomic E-state index is 12.8. The van der Waals surface area contributed by atoms with E-state index < -0.39 is 6.10 Å². The van der Waals surface area contributed by atoms with Gasteiger partial charge in [0.25, 0.3) is 0 Å². The number of carbonyl (C=O) groups excluding carboxylic acids is 3. The number of hydrogen-bond acceptors (Lipinski definition) is 6. The van der Waals surface area contributed by atoms with Crippen LogP contribution in [0.1, 0.15) is 284 Å². The first-order valence-electron chi connectivity index (χ1n) is 28.9. The molecule has 0 radical (unpaired) electrons. The third-order valence-corrected chi connectivity index (χ3v) is 12.4. The molecule has 0 N–H and O–H groups in total. The summed E-state index contributed by atoms with van der Waals surface area (Å²) >= 11 is 0. The number of carbonyl (C=O) groups is 3. The van der Waals surface area contributed by atoms with Gasteiger partial charge in [-0.05, 0) is 89.9 Å². The quantitative estimate of drug-likeness (QED) is 0.0262. The van der Waals surface area contributed by atoms with E-state index >= 15 is 0 Å². The molecule has 0 aromatic heterocycles. The molecule has 0 fully saturated rings. The zero-order chi connectivity index (χ0) is 49.3. The van der Waals surface area contributed by atoms with E-state index in [0.717, 1.165) is 103 Å². The molecule has 0 rings (SSSR count). The Kier molecular flexibility index (Phi) is 53.8. The van der Waals surface area contributed by atoms with Gasteiger partial charge in [0, 0.05) is 19.3 Å². The summed E-state index contributed by atoms with van der Waals surface area (Å²) in [5.41, 5.74) is 0. The molecular weight excluding hydrogens is 841 g/mol. The van der Waals surface area contributed by atoms with Crippen molar-refractivity contribution in [2.45, 2.75) is 290 Å². The fourth-order valence-electron chi connectivity index (χ4n) is 8.11. The molecule has 0 aromatic rings. The lowest BCUT2D eigenvalue weighted by atomic mass is 10.0. The van der Waals surface area contributed by atoms with Crippen LogP contribution in [0.4, 0.5) is 0 Å². The Morgan fingerprint density at radius 2 is 0.574 bits per heavy atom. The Morgan fingerprint density at radius 1 is 0.309 bits per heavy atom. The fourth-order valence-corrected chi connectivity index (χ4v) is 8.11. The SMILES string of the molecule is CC/C=C\C/C=C\C/C=C\C/C=C\CCCCCCCCC(=O)OC(COC(=O)CCCCCCCC)COC(=O)CCCCCCCCCCCCCCC/C=C\C/C=C\CCCCCCC. The Bertz CT molecular complexity index is 1270. The molecule has 0 aliphatic rings. The van der Waals surface area contributed by atoms with Crippen LogP contribution >= 0.6 is 0 Å². The molecule has 0 saturated heterocycles. The van der Waals surface area contributed by atoms with Crippen molar-refractivity contribution in [1.82, 2.24) is 0 Å². The summed E-state index contributed by atoms with van der Waals surface area (Å²) in [7, 11) is 0. The van der Waals surface area contributed by atoms with Gasteiger partial charge >= 0.3 is 17.9 Å². The highest BCUT2D eigenvalue weighted by molar-refractivity contribution is 5.71. The maximum atomic E-state index is 12.8. The highest BCUT2D eigenvalue weighted by Crippen LogP contribution is 2.16. The van der Waals surface area contributed by atoms with E-state index in [1.54, 1.807) is 0 Å². The Morgan fingerprint density at radius 3 is 0.897 bits per heavy atom. The molecule has 0 aliphatic heterocycles. The van der Waals surface area contributed by atoms with Crippen molar-refractivity contribution in [3.8, 4) is 0 Å². The van der Waals surface area contributed by atoms with E-state index in [4.69, 9.17) is 14.2 Å². The molecule has 0 heterocycles. The minimum Gasteiger partial charge on any atom is -0.462 e. The van der Waals surface area contributed by atoms with Gasteiger partial charge in [0.15, 0.2) is 6.10 Å². The number of allylic oxidation sites excluding steroid dienone is 12. The van der Waals surface area contributed by atoms with Gasteiger partial charge in [-0.2, -0.15) is 0 Å². The van der Waals surface area contributed by atoms with E-state index in [9.17, 15) is 14.4 Å². The number of ether oxygens (including phenoxy) is 3. The minimum absolute atomic E-state index is 0.0804. The van der Waals surface area contributed by atoms with Gasteiger partial charge in [-0.15, -0.1) is 0 Å². The molecule has 1 unspecified atom stereocenters. The van der Waals surface area contributed by atoms with Crippen molar-refractivity contribution < 1.29 is 28.6 Å².